The lowest BCUT2D eigenvalue weighted by atomic mass is 10.1. The standard InChI is InChI=1S/C16H17FN6S/c17-14-9-12(10-18)1-2-13(14)11-21-15(19)22-4-6-23(7-5-22)16-20-3-8-24-16/h1-3,8-9H,4-7,11H2,(H2,19,21). The van der Waals surface area contributed by atoms with E-state index in [2.05, 4.69) is 14.9 Å². The Morgan fingerprint density at radius 1 is 1.38 bits per heavy atom. The van der Waals surface area contributed by atoms with Gasteiger partial charge in [-0.3, -0.25) is 0 Å². The molecule has 0 amide bonds. The summed E-state index contributed by atoms with van der Waals surface area (Å²) < 4.78 is 13.9. The number of anilines is 1. The van der Waals surface area contributed by atoms with Crippen LogP contribution >= 0.6 is 11.3 Å². The number of aromatic nitrogens is 1. The molecule has 0 bridgehead atoms. The molecule has 24 heavy (non-hydrogen) atoms. The molecule has 0 radical (unpaired) electrons. The first-order valence-electron chi connectivity index (χ1n) is 7.55. The maximum atomic E-state index is 13.9. The Kier molecular flexibility index (Phi) is 4.91. The molecule has 0 aliphatic carbocycles. The minimum absolute atomic E-state index is 0.163. The molecule has 6 nitrogen and oxygen atoms in total. The number of guanidine groups is 1. The van der Waals surface area contributed by atoms with E-state index in [0.29, 0.717) is 17.1 Å². The second-order valence-electron chi connectivity index (χ2n) is 5.38. The Morgan fingerprint density at radius 3 is 2.79 bits per heavy atom. The average molecular weight is 344 g/mol. The number of hydrogen-bond acceptors (Lipinski definition) is 5. The van der Waals surface area contributed by atoms with E-state index in [1.54, 1.807) is 29.7 Å². The minimum Gasteiger partial charge on any atom is -0.370 e. The van der Waals surface area contributed by atoms with Gasteiger partial charge < -0.3 is 15.5 Å². The van der Waals surface area contributed by atoms with Crippen molar-refractivity contribution in [2.75, 3.05) is 31.1 Å². The number of nitrogens with two attached hydrogens (primary N) is 1. The van der Waals surface area contributed by atoms with Crippen LogP contribution in [0.5, 0.6) is 0 Å². The topological polar surface area (TPSA) is 81.5 Å². The maximum absolute atomic E-state index is 13.9. The van der Waals surface area contributed by atoms with Crippen molar-refractivity contribution in [2.24, 2.45) is 10.7 Å². The van der Waals surface area contributed by atoms with Gasteiger partial charge in [-0.15, -0.1) is 11.3 Å². The van der Waals surface area contributed by atoms with Gasteiger partial charge in [0.1, 0.15) is 5.82 Å². The second-order valence-corrected chi connectivity index (χ2v) is 6.25. The number of halogens is 1. The van der Waals surface area contributed by atoms with E-state index in [-0.39, 0.29) is 6.54 Å². The molecule has 1 saturated heterocycles. The molecule has 0 atom stereocenters. The first kappa shape index (κ1) is 16.2. The zero-order valence-electron chi connectivity index (χ0n) is 13.0. The second kappa shape index (κ2) is 7.27. The zero-order valence-corrected chi connectivity index (χ0v) is 13.8. The molecule has 0 unspecified atom stereocenters. The van der Waals surface area contributed by atoms with Crippen LogP contribution in [0.1, 0.15) is 11.1 Å². The Balaban J connectivity index is 1.58. The van der Waals surface area contributed by atoms with Crippen LogP contribution in [-0.4, -0.2) is 42.0 Å². The molecule has 2 N–H and O–H groups in total. The van der Waals surface area contributed by atoms with Crippen molar-refractivity contribution in [3.63, 3.8) is 0 Å². The molecule has 1 fully saturated rings. The molecule has 1 aromatic carbocycles. The van der Waals surface area contributed by atoms with Gasteiger partial charge in [-0.2, -0.15) is 5.26 Å². The van der Waals surface area contributed by atoms with Gasteiger partial charge in [-0.25, -0.2) is 14.4 Å². The summed E-state index contributed by atoms with van der Waals surface area (Å²) in [6.07, 6.45) is 1.80. The summed E-state index contributed by atoms with van der Waals surface area (Å²) in [7, 11) is 0. The van der Waals surface area contributed by atoms with Crippen LogP contribution in [0.15, 0.2) is 34.8 Å². The predicted molar refractivity (Wildman–Crippen MR) is 92.3 cm³/mol. The summed E-state index contributed by atoms with van der Waals surface area (Å²) in [5, 5.41) is 11.7. The SMILES string of the molecule is N#Cc1ccc(CN=C(N)N2CCN(c3nccs3)CC2)c(F)c1. The summed E-state index contributed by atoms with van der Waals surface area (Å²) in [4.78, 5) is 12.8. The fraction of sp³-hybridized carbons (Fsp3) is 0.312. The van der Waals surface area contributed by atoms with Gasteiger partial charge in [0.15, 0.2) is 11.1 Å². The van der Waals surface area contributed by atoms with Gasteiger partial charge in [0.05, 0.1) is 18.2 Å². The molecule has 1 aliphatic heterocycles. The molecule has 0 saturated carbocycles. The van der Waals surface area contributed by atoms with Gasteiger partial charge in [0.2, 0.25) is 0 Å². The van der Waals surface area contributed by atoms with E-state index >= 15 is 0 Å². The van der Waals surface area contributed by atoms with Gasteiger partial charge >= 0.3 is 0 Å². The number of aliphatic imine (C=N–C) groups is 1. The lowest BCUT2D eigenvalue weighted by molar-refractivity contribution is 0.380. The van der Waals surface area contributed by atoms with Crippen molar-refractivity contribution >= 4 is 22.4 Å². The third kappa shape index (κ3) is 3.63. The number of piperazine rings is 1. The third-order valence-electron chi connectivity index (χ3n) is 3.89. The number of nitrogens with zero attached hydrogens (tertiary/aromatic N) is 5. The van der Waals surface area contributed by atoms with Crippen LogP contribution in [0.25, 0.3) is 0 Å². The molecule has 2 aromatic rings. The van der Waals surface area contributed by atoms with Crippen molar-refractivity contribution in [1.29, 1.82) is 5.26 Å². The van der Waals surface area contributed by atoms with Gasteiger partial charge in [0.25, 0.3) is 0 Å². The molecule has 0 spiro atoms. The lowest BCUT2D eigenvalue weighted by Crippen LogP contribution is -2.51. The molecule has 2 heterocycles. The van der Waals surface area contributed by atoms with Crippen LogP contribution in [0.4, 0.5) is 9.52 Å². The molecular formula is C16H17FN6S. The highest BCUT2D eigenvalue weighted by molar-refractivity contribution is 7.13. The summed E-state index contributed by atoms with van der Waals surface area (Å²) in [5.41, 5.74) is 6.76. The van der Waals surface area contributed by atoms with Crippen molar-refractivity contribution in [3.05, 3.63) is 46.7 Å². The quantitative estimate of drug-likeness (QED) is 0.678. The minimum atomic E-state index is -0.431. The lowest BCUT2D eigenvalue weighted by Gasteiger charge is -2.35. The van der Waals surface area contributed by atoms with E-state index in [4.69, 9.17) is 11.0 Å². The molecule has 8 heteroatoms. The third-order valence-corrected chi connectivity index (χ3v) is 4.72. The van der Waals surface area contributed by atoms with Crippen molar-refractivity contribution in [3.8, 4) is 6.07 Å². The summed E-state index contributed by atoms with van der Waals surface area (Å²) >= 11 is 1.62. The van der Waals surface area contributed by atoms with Crippen LogP contribution in [0.3, 0.4) is 0 Å². The molecule has 1 aromatic heterocycles. The number of nitriles is 1. The predicted octanol–water partition coefficient (Wildman–Crippen LogP) is 1.79. The Hall–Kier alpha value is -2.66. The van der Waals surface area contributed by atoms with Crippen LogP contribution in [-0.2, 0) is 6.54 Å². The van der Waals surface area contributed by atoms with E-state index in [1.807, 2.05) is 16.3 Å². The van der Waals surface area contributed by atoms with Crippen molar-refractivity contribution in [2.45, 2.75) is 6.54 Å². The first-order chi connectivity index (χ1) is 11.7. The Morgan fingerprint density at radius 2 is 2.17 bits per heavy atom. The van der Waals surface area contributed by atoms with Gasteiger partial charge in [-0.1, -0.05) is 6.07 Å². The molecule has 1 aliphatic rings. The van der Waals surface area contributed by atoms with Crippen molar-refractivity contribution < 1.29 is 4.39 Å². The van der Waals surface area contributed by atoms with Crippen LogP contribution < -0.4 is 10.6 Å². The van der Waals surface area contributed by atoms with Crippen LogP contribution in [0, 0.1) is 17.1 Å². The zero-order chi connectivity index (χ0) is 16.9. The highest BCUT2D eigenvalue weighted by Gasteiger charge is 2.19. The smallest absolute Gasteiger partial charge is 0.191 e. The van der Waals surface area contributed by atoms with E-state index in [9.17, 15) is 4.39 Å². The monoisotopic (exact) mass is 344 g/mol. The van der Waals surface area contributed by atoms with E-state index in [0.717, 1.165) is 31.3 Å². The number of hydrogen-bond donors (Lipinski definition) is 1. The fourth-order valence-corrected chi connectivity index (χ4v) is 3.21. The highest BCUT2D eigenvalue weighted by Crippen LogP contribution is 2.19. The number of thiazole rings is 1. The normalized spacial score (nSPS) is 15.4. The van der Waals surface area contributed by atoms with Crippen molar-refractivity contribution in [1.82, 2.24) is 9.88 Å². The highest BCUT2D eigenvalue weighted by atomic mass is 32.1. The van der Waals surface area contributed by atoms with Gasteiger partial charge in [-0.05, 0) is 12.1 Å². The van der Waals surface area contributed by atoms with E-state index < -0.39 is 5.82 Å². The average Bonchev–Trinajstić information content (AvgIpc) is 3.15. The first-order valence-corrected chi connectivity index (χ1v) is 8.43. The summed E-state index contributed by atoms with van der Waals surface area (Å²) in [6, 6.07) is 6.28. The summed E-state index contributed by atoms with van der Waals surface area (Å²) in [5.74, 6) is -0.0169. The Bertz CT molecular complexity index is 759. The molecule has 124 valence electrons. The maximum Gasteiger partial charge on any atom is 0.191 e. The number of rotatable bonds is 3. The molecular weight excluding hydrogens is 327 g/mol. The largest absolute Gasteiger partial charge is 0.370 e. The molecule has 3 rings (SSSR count). The van der Waals surface area contributed by atoms with E-state index in [1.165, 1.54) is 6.07 Å². The summed E-state index contributed by atoms with van der Waals surface area (Å²) in [6.45, 7) is 3.33. The fourth-order valence-electron chi connectivity index (χ4n) is 2.51. The van der Waals surface area contributed by atoms with Gasteiger partial charge in [0, 0.05) is 43.3 Å². The van der Waals surface area contributed by atoms with Crippen LogP contribution in [0.2, 0.25) is 0 Å². The number of benzene rings is 1. The Labute approximate surface area is 143 Å².